The molecule has 1 heterocycles. The fourth-order valence-electron chi connectivity index (χ4n) is 2.16. The zero-order valence-corrected chi connectivity index (χ0v) is 11.2. The van der Waals surface area contributed by atoms with Crippen molar-refractivity contribution in [3.8, 4) is 11.8 Å². The number of alkyl halides is 3. The van der Waals surface area contributed by atoms with Crippen LogP contribution in [-0.4, -0.2) is 12.3 Å². The minimum Gasteiger partial charge on any atom is -0.415 e. The van der Waals surface area contributed by atoms with E-state index in [9.17, 15) is 31.1 Å². The third-order valence-electron chi connectivity index (χ3n) is 3.43. The highest BCUT2D eigenvalue weighted by Gasteiger charge is 2.64. The number of rotatable bonds is 0. The van der Waals surface area contributed by atoms with Crippen molar-refractivity contribution in [1.29, 1.82) is 0 Å². The lowest BCUT2D eigenvalue weighted by atomic mass is 9.89. The zero-order valence-electron chi connectivity index (χ0n) is 11.2. The molecule has 3 rings (SSSR count). The van der Waals surface area contributed by atoms with Crippen LogP contribution in [0, 0.1) is 35.2 Å². The first-order valence-corrected chi connectivity index (χ1v) is 6.43. The van der Waals surface area contributed by atoms with Crippen molar-refractivity contribution in [1.82, 2.24) is 0 Å². The molecule has 122 valence electrons. The van der Waals surface area contributed by atoms with Crippen LogP contribution in [0.4, 0.5) is 36.8 Å². The molecule has 1 saturated carbocycles. The second kappa shape index (κ2) is 4.81. The first kappa shape index (κ1) is 15.5. The van der Waals surface area contributed by atoms with E-state index < -0.39 is 46.6 Å². The summed E-state index contributed by atoms with van der Waals surface area (Å²) in [4.78, 5) is 11.4. The number of ether oxygens (including phenoxy) is 1. The number of hydrogen-bond acceptors (Lipinski definition) is 2. The quantitative estimate of drug-likeness (QED) is 0.444. The lowest BCUT2D eigenvalue weighted by molar-refractivity contribution is -0.240. The maximum Gasteiger partial charge on any atom is 0.445 e. The monoisotopic (exact) mass is 335 g/mol. The normalized spacial score (nSPS) is 23.3. The number of benzene rings is 1. The number of amides is 1. The molecule has 23 heavy (non-hydrogen) atoms. The minimum absolute atomic E-state index is 0.0369. The average molecular weight is 335 g/mol. The maximum absolute atomic E-state index is 14.0. The fourth-order valence-corrected chi connectivity index (χ4v) is 2.16. The van der Waals surface area contributed by atoms with E-state index in [2.05, 4.69) is 10.7 Å². The van der Waals surface area contributed by atoms with Crippen molar-refractivity contribution in [2.24, 2.45) is 5.92 Å². The fraction of sp³-hybridized carbons (Fsp3) is 0.357. The van der Waals surface area contributed by atoms with Gasteiger partial charge in [0.25, 0.3) is 5.60 Å². The van der Waals surface area contributed by atoms with E-state index in [0.29, 0.717) is 12.8 Å². The Bertz CT molecular complexity index is 759. The molecule has 3 nitrogen and oxygen atoms in total. The summed E-state index contributed by atoms with van der Waals surface area (Å²) in [7, 11) is 0. The van der Waals surface area contributed by atoms with Crippen molar-refractivity contribution in [3.63, 3.8) is 0 Å². The van der Waals surface area contributed by atoms with Crippen LogP contribution < -0.4 is 5.32 Å². The molecule has 0 unspecified atom stereocenters. The van der Waals surface area contributed by atoms with Crippen LogP contribution in [-0.2, 0) is 10.3 Å². The largest absolute Gasteiger partial charge is 0.445 e. The Balaban J connectivity index is 2.34. The molecule has 0 bridgehead atoms. The van der Waals surface area contributed by atoms with Gasteiger partial charge in [-0.15, -0.1) is 0 Å². The van der Waals surface area contributed by atoms with Crippen LogP contribution in [0.2, 0.25) is 0 Å². The SMILES string of the molecule is O=C1Nc2c(F)cc(F)c(F)c2[C@@](C#CC2CC2)(C(F)(F)F)O1. The van der Waals surface area contributed by atoms with E-state index in [0.717, 1.165) is 0 Å². The van der Waals surface area contributed by atoms with Crippen LogP contribution in [0.3, 0.4) is 0 Å². The lowest BCUT2D eigenvalue weighted by Gasteiger charge is -2.36. The molecule has 1 atom stereocenters. The van der Waals surface area contributed by atoms with Gasteiger partial charge in [0.1, 0.15) is 5.82 Å². The number of hydrogen-bond donors (Lipinski definition) is 1. The predicted octanol–water partition coefficient (Wildman–Crippen LogP) is 3.84. The molecule has 0 radical (unpaired) electrons. The van der Waals surface area contributed by atoms with Gasteiger partial charge < -0.3 is 4.74 Å². The van der Waals surface area contributed by atoms with E-state index in [4.69, 9.17) is 0 Å². The van der Waals surface area contributed by atoms with E-state index in [1.54, 1.807) is 11.2 Å². The van der Waals surface area contributed by atoms with Gasteiger partial charge in [0.2, 0.25) is 0 Å². The Labute approximate surface area is 125 Å². The van der Waals surface area contributed by atoms with Crippen molar-refractivity contribution >= 4 is 11.8 Å². The number of carbonyl (C=O) groups is 1. The lowest BCUT2D eigenvalue weighted by Crippen LogP contribution is -2.50. The number of carbonyl (C=O) groups excluding carboxylic acids is 1. The van der Waals surface area contributed by atoms with Gasteiger partial charge in [-0.25, -0.2) is 18.0 Å². The molecule has 1 aromatic rings. The summed E-state index contributed by atoms with van der Waals surface area (Å²) in [5.41, 5.74) is -6.42. The number of nitrogens with one attached hydrogen (secondary N) is 1. The van der Waals surface area contributed by atoms with Gasteiger partial charge in [0.15, 0.2) is 11.6 Å². The molecule has 1 fully saturated rings. The summed E-state index contributed by atoms with van der Waals surface area (Å²) in [6.07, 6.45) is -5.98. The van der Waals surface area contributed by atoms with Gasteiger partial charge in [-0.2, -0.15) is 13.2 Å². The standard InChI is InChI=1S/C14H7F6NO2/c15-7-5-8(16)11-9(10(7)17)13(14(18,19)20,23-12(22)21-11)4-3-6-1-2-6/h5-6H,1-2H2,(H,21,22)/t13-/m0/s1. The van der Waals surface area contributed by atoms with E-state index in [-0.39, 0.29) is 12.0 Å². The van der Waals surface area contributed by atoms with Crippen molar-refractivity contribution in [2.75, 3.05) is 5.32 Å². The molecule has 0 spiro atoms. The van der Waals surface area contributed by atoms with Gasteiger partial charge in [-0.1, -0.05) is 5.92 Å². The highest BCUT2D eigenvalue weighted by molar-refractivity contribution is 5.90. The predicted molar refractivity (Wildman–Crippen MR) is 64.7 cm³/mol. The topological polar surface area (TPSA) is 38.3 Å². The van der Waals surface area contributed by atoms with Crippen LogP contribution in [0.1, 0.15) is 18.4 Å². The summed E-state index contributed by atoms with van der Waals surface area (Å²) in [5.74, 6) is -1.84. The molecule has 2 aliphatic rings. The minimum atomic E-state index is -5.40. The van der Waals surface area contributed by atoms with E-state index in [1.807, 2.05) is 0 Å². The molecular formula is C14H7F6NO2. The zero-order chi connectivity index (χ0) is 17.0. The van der Waals surface area contributed by atoms with Crippen LogP contribution in [0.15, 0.2) is 6.07 Å². The average Bonchev–Trinajstić information content (AvgIpc) is 3.25. The molecule has 1 N–H and O–H groups in total. The Hall–Kier alpha value is -2.37. The van der Waals surface area contributed by atoms with Crippen LogP contribution >= 0.6 is 0 Å². The first-order chi connectivity index (χ1) is 10.7. The van der Waals surface area contributed by atoms with Gasteiger partial charge in [-0.05, 0) is 18.8 Å². The highest BCUT2D eigenvalue weighted by Crippen LogP contribution is 2.49. The van der Waals surface area contributed by atoms with Crippen molar-refractivity contribution in [2.45, 2.75) is 24.6 Å². The summed E-state index contributed by atoms with van der Waals surface area (Å²) >= 11 is 0. The summed E-state index contributed by atoms with van der Waals surface area (Å²) in [5, 5.41) is 1.62. The first-order valence-electron chi connectivity index (χ1n) is 6.43. The Morgan fingerprint density at radius 2 is 1.87 bits per heavy atom. The molecule has 1 aromatic carbocycles. The second-order valence-corrected chi connectivity index (χ2v) is 5.14. The highest BCUT2D eigenvalue weighted by atomic mass is 19.4. The van der Waals surface area contributed by atoms with E-state index >= 15 is 0 Å². The molecule has 0 aromatic heterocycles. The number of fused-ring (bicyclic) bond motifs is 1. The third kappa shape index (κ3) is 2.38. The summed E-state index contributed by atoms with van der Waals surface area (Å²) in [6, 6.07) is 0.0369. The molecule has 1 aliphatic carbocycles. The maximum atomic E-state index is 14.0. The number of cyclic esters (lactones) is 1. The van der Waals surface area contributed by atoms with Gasteiger partial charge in [-0.3, -0.25) is 5.32 Å². The van der Waals surface area contributed by atoms with Crippen LogP contribution in [0.5, 0.6) is 0 Å². The molecule has 1 aliphatic heterocycles. The van der Waals surface area contributed by atoms with Crippen LogP contribution in [0.25, 0.3) is 0 Å². The molecule has 1 amide bonds. The van der Waals surface area contributed by atoms with Gasteiger partial charge in [0, 0.05) is 12.0 Å². The second-order valence-electron chi connectivity index (χ2n) is 5.14. The Morgan fingerprint density at radius 3 is 2.43 bits per heavy atom. The molecule has 0 saturated heterocycles. The smallest absolute Gasteiger partial charge is 0.415 e. The number of anilines is 1. The Morgan fingerprint density at radius 1 is 1.22 bits per heavy atom. The third-order valence-corrected chi connectivity index (χ3v) is 3.43. The van der Waals surface area contributed by atoms with Gasteiger partial charge >= 0.3 is 12.3 Å². The van der Waals surface area contributed by atoms with Gasteiger partial charge in [0.05, 0.1) is 11.3 Å². The van der Waals surface area contributed by atoms with Crippen molar-refractivity contribution < 1.29 is 35.9 Å². The number of halogens is 6. The molecular weight excluding hydrogens is 328 g/mol. The van der Waals surface area contributed by atoms with E-state index in [1.165, 1.54) is 0 Å². The summed E-state index contributed by atoms with van der Waals surface area (Å²) in [6.45, 7) is 0. The summed E-state index contributed by atoms with van der Waals surface area (Å²) < 4.78 is 86.0. The molecule has 9 heteroatoms. The Kier molecular flexibility index (Phi) is 3.25. The van der Waals surface area contributed by atoms with Crippen molar-refractivity contribution in [3.05, 3.63) is 29.1 Å².